The van der Waals surface area contributed by atoms with E-state index in [9.17, 15) is 0 Å². The highest BCUT2D eigenvalue weighted by atomic mass is 35.5. The fraction of sp³-hybridized carbons (Fsp3) is 0.500. The van der Waals surface area contributed by atoms with Gasteiger partial charge in [0.25, 0.3) is 0 Å². The van der Waals surface area contributed by atoms with Crippen molar-refractivity contribution in [3.63, 3.8) is 0 Å². The van der Waals surface area contributed by atoms with Crippen molar-refractivity contribution in [2.75, 3.05) is 19.7 Å². The van der Waals surface area contributed by atoms with Gasteiger partial charge in [-0.25, -0.2) is 0 Å². The van der Waals surface area contributed by atoms with Crippen LogP contribution in [0.25, 0.3) is 0 Å². The van der Waals surface area contributed by atoms with Crippen LogP contribution < -0.4 is 5.32 Å². The van der Waals surface area contributed by atoms with E-state index >= 15 is 0 Å². The van der Waals surface area contributed by atoms with E-state index in [0.717, 1.165) is 18.8 Å². The van der Waals surface area contributed by atoms with E-state index in [1.54, 1.807) is 0 Å². The molecule has 2 atom stereocenters. The van der Waals surface area contributed by atoms with E-state index in [-0.39, 0.29) is 19.0 Å². The lowest BCUT2D eigenvalue weighted by atomic mass is 9.93. The van der Waals surface area contributed by atoms with Crippen molar-refractivity contribution in [2.45, 2.75) is 5.92 Å². The summed E-state index contributed by atoms with van der Waals surface area (Å²) < 4.78 is 0. The van der Waals surface area contributed by atoms with Gasteiger partial charge in [0.2, 0.25) is 0 Å². The second-order valence-corrected chi connectivity index (χ2v) is 3.46. The standard InChI is InChI=1S/C10H14N2O.ClH/c13-7-8-5-11-6-9(8)10-3-1-2-4-12-10;/h1-4,8-9,11,13H,5-7H2;1H/t8-,9+;/m1./s1. The second kappa shape index (κ2) is 5.29. The number of nitrogens with one attached hydrogen (secondary N) is 1. The molecule has 0 spiro atoms. The molecule has 1 aromatic rings. The monoisotopic (exact) mass is 214 g/mol. The van der Waals surface area contributed by atoms with E-state index in [0.29, 0.717) is 11.8 Å². The molecule has 1 aliphatic rings. The van der Waals surface area contributed by atoms with E-state index in [2.05, 4.69) is 10.3 Å². The Bertz CT molecular complexity index is 268. The first-order valence-corrected chi connectivity index (χ1v) is 4.64. The van der Waals surface area contributed by atoms with Crippen molar-refractivity contribution in [1.82, 2.24) is 10.3 Å². The Balaban J connectivity index is 0.000000980. The Morgan fingerprint density at radius 1 is 1.43 bits per heavy atom. The van der Waals surface area contributed by atoms with Crippen LogP contribution in [0.15, 0.2) is 24.4 Å². The summed E-state index contributed by atoms with van der Waals surface area (Å²) >= 11 is 0. The molecular formula is C10H15ClN2O. The molecule has 0 aromatic carbocycles. The minimum absolute atomic E-state index is 0. The summed E-state index contributed by atoms with van der Waals surface area (Å²) in [5, 5.41) is 12.4. The predicted molar refractivity (Wildman–Crippen MR) is 57.7 cm³/mol. The third kappa shape index (κ3) is 2.23. The van der Waals surface area contributed by atoms with Gasteiger partial charge in [-0.3, -0.25) is 4.98 Å². The molecule has 1 fully saturated rings. The first-order valence-electron chi connectivity index (χ1n) is 4.64. The van der Waals surface area contributed by atoms with E-state index in [1.807, 2.05) is 24.4 Å². The van der Waals surface area contributed by atoms with Crippen molar-refractivity contribution in [3.05, 3.63) is 30.1 Å². The number of aromatic nitrogens is 1. The second-order valence-electron chi connectivity index (χ2n) is 3.46. The molecule has 1 aliphatic heterocycles. The Labute approximate surface area is 90.0 Å². The normalized spacial score (nSPS) is 25.8. The number of nitrogens with zero attached hydrogens (tertiary/aromatic N) is 1. The van der Waals surface area contributed by atoms with E-state index < -0.39 is 0 Å². The van der Waals surface area contributed by atoms with Gasteiger partial charge >= 0.3 is 0 Å². The highest BCUT2D eigenvalue weighted by molar-refractivity contribution is 5.85. The lowest BCUT2D eigenvalue weighted by molar-refractivity contribution is 0.225. The summed E-state index contributed by atoms with van der Waals surface area (Å²) in [7, 11) is 0. The highest BCUT2D eigenvalue weighted by Crippen LogP contribution is 2.25. The van der Waals surface area contributed by atoms with E-state index in [4.69, 9.17) is 5.11 Å². The summed E-state index contributed by atoms with van der Waals surface area (Å²) in [5.74, 6) is 0.709. The maximum Gasteiger partial charge on any atom is 0.0478 e. The molecule has 2 heterocycles. The van der Waals surface area contributed by atoms with Crippen molar-refractivity contribution in [2.24, 2.45) is 5.92 Å². The van der Waals surface area contributed by atoms with Crippen LogP contribution in [0.2, 0.25) is 0 Å². The molecule has 0 bridgehead atoms. The first-order chi connectivity index (χ1) is 6.42. The van der Waals surface area contributed by atoms with Crippen LogP contribution in [-0.4, -0.2) is 29.8 Å². The van der Waals surface area contributed by atoms with Crippen molar-refractivity contribution in [1.29, 1.82) is 0 Å². The maximum absolute atomic E-state index is 9.13. The summed E-state index contributed by atoms with van der Waals surface area (Å²) in [6.45, 7) is 2.08. The number of halogens is 1. The lowest BCUT2D eigenvalue weighted by Gasteiger charge is -2.14. The molecule has 0 amide bonds. The largest absolute Gasteiger partial charge is 0.396 e. The first kappa shape index (κ1) is 11.4. The SMILES string of the molecule is Cl.OC[C@H]1CNC[C@@H]1c1ccccn1. The summed E-state index contributed by atoms with van der Waals surface area (Å²) in [4.78, 5) is 4.31. The van der Waals surface area contributed by atoms with Gasteiger partial charge in [-0.1, -0.05) is 6.07 Å². The zero-order valence-electron chi connectivity index (χ0n) is 7.89. The molecule has 3 nitrogen and oxygen atoms in total. The Kier molecular flexibility index (Phi) is 4.32. The van der Waals surface area contributed by atoms with Crippen molar-refractivity contribution >= 4 is 12.4 Å². The van der Waals surface area contributed by atoms with Gasteiger partial charge in [0, 0.05) is 43.4 Å². The molecule has 1 aromatic heterocycles. The van der Waals surface area contributed by atoms with Gasteiger partial charge in [-0.05, 0) is 12.1 Å². The maximum atomic E-state index is 9.13. The number of aliphatic hydroxyl groups excluding tert-OH is 1. The molecule has 0 radical (unpaired) electrons. The van der Waals surface area contributed by atoms with Gasteiger partial charge in [0.1, 0.15) is 0 Å². The van der Waals surface area contributed by atoms with Crippen LogP contribution >= 0.6 is 12.4 Å². The van der Waals surface area contributed by atoms with Crippen LogP contribution in [-0.2, 0) is 0 Å². The molecular weight excluding hydrogens is 200 g/mol. The van der Waals surface area contributed by atoms with Crippen LogP contribution in [0.1, 0.15) is 11.6 Å². The molecule has 2 N–H and O–H groups in total. The fourth-order valence-corrected chi connectivity index (χ4v) is 1.87. The van der Waals surface area contributed by atoms with Gasteiger partial charge in [-0.2, -0.15) is 0 Å². The third-order valence-electron chi connectivity index (χ3n) is 2.64. The molecule has 0 unspecified atom stereocenters. The number of pyridine rings is 1. The smallest absolute Gasteiger partial charge is 0.0478 e. The zero-order chi connectivity index (χ0) is 9.10. The minimum Gasteiger partial charge on any atom is -0.396 e. The molecule has 2 rings (SSSR count). The summed E-state index contributed by atoms with van der Waals surface area (Å²) in [6, 6.07) is 5.94. The van der Waals surface area contributed by atoms with Gasteiger partial charge in [0.15, 0.2) is 0 Å². The van der Waals surface area contributed by atoms with Gasteiger partial charge in [-0.15, -0.1) is 12.4 Å². The van der Waals surface area contributed by atoms with Crippen LogP contribution in [0.3, 0.4) is 0 Å². The van der Waals surface area contributed by atoms with Crippen LogP contribution in [0, 0.1) is 5.92 Å². The Hall–Kier alpha value is -0.640. The molecule has 14 heavy (non-hydrogen) atoms. The third-order valence-corrected chi connectivity index (χ3v) is 2.64. The highest BCUT2D eigenvalue weighted by Gasteiger charge is 2.28. The predicted octanol–water partition coefficient (Wildman–Crippen LogP) is 0.799. The molecule has 4 heteroatoms. The lowest BCUT2D eigenvalue weighted by Crippen LogP contribution is -2.15. The molecule has 1 saturated heterocycles. The topological polar surface area (TPSA) is 45.1 Å². The van der Waals surface area contributed by atoms with Crippen LogP contribution in [0.4, 0.5) is 0 Å². The number of rotatable bonds is 2. The fourth-order valence-electron chi connectivity index (χ4n) is 1.87. The number of hydrogen-bond donors (Lipinski definition) is 2. The van der Waals surface area contributed by atoms with Crippen molar-refractivity contribution in [3.8, 4) is 0 Å². The molecule has 78 valence electrons. The van der Waals surface area contributed by atoms with Gasteiger partial charge < -0.3 is 10.4 Å². The molecule has 0 aliphatic carbocycles. The van der Waals surface area contributed by atoms with Gasteiger partial charge in [0.05, 0.1) is 0 Å². The van der Waals surface area contributed by atoms with Crippen LogP contribution in [0.5, 0.6) is 0 Å². The van der Waals surface area contributed by atoms with Crippen molar-refractivity contribution < 1.29 is 5.11 Å². The minimum atomic E-state index is 0. The number of aliphatic hydroxyl groups is 1. The zero-order valence-corrected chi connectivity index (χ0v) is 8.70. The summed E-state index contributed by atoms with van der Waals surface area (Å²) in [5.41, 5.74) is 1.09. The summed E-state index contributed by atoms with van der Waals surface area (Å²) in [6.07, 6.45) is 1.81. The quantitative estimate of drug-likeness (QED) is 0.766. The molecule has 0 saturated carbocycles. The average molecular weight is 215 g/mol. The Morgan fingerprint density at radius 2 is 2.29 bits per heavy atom. The van der Waals surface area contributed by atoms with E-state index in [1.165, 1.54) is 0 Å². The number of hydrogen-bond acceptors (Lipinski definition) is 3. The average Bonchev–Trinajstić information content (AvgIpc) is 2.67. The Morgan fingerprint density at radius 3 is 2.93 bits per heavy atom.